The van der Waals surface area contributed by atoms with Gasteiger partial charge in [0.05, 0.1) is 13.2 Å². The molecule has 26 heavy (non-hydrogen) atoms. The maximum absolute atomic E-state index is 12.2. The molecule has 1 unspecified atom stereocenters. The molecule has 3 rings (SSSR count). The Balaban J connectivity index is 0.00000243. The van der Waals surface area contributed by atoms with Gasteiger partial charge in [-0.15, -0.1) is 12.4 Å². The summed E-state index contributed by atoms with van der Waals surface area (Å²) in [6, 6.07) is 6.32. The third-order valence-electron chi connectivity index (χ3n) is 5.36. The van der Waals surface area contributed by atoms with Gasteiger partial charge < -0.3 is 20.5 Å². The predicted octanol–water partition coefficient (Wildman–Crippen LogP) is 2.97. The maximum Gasteiger partial charge on any atom is 0.220 e. The van der Waals surface area contributed by atoms with E-state index >= 15 is 0 Å². The Labute approximate surface area is 162 Å². The molecule has 1 amide bonds. The molecule has 6 heteroatoms. The van der Waals surface area contributed by atoms with Gasteiger partial charge in [0.1, 0.15) is 5.75 Å². The molecule has 1 heterocycles. The summed E-state index contributed by atoms with van der Waals surface area (Å²) in [6.45, 7) is 4.82. The summed E-state index contributed by atoms with van der Waals surface area (Å²) in [5.74, 6) is 1.74. The van der Waals surface area contributed by atoms with Crippen molar-refractivity contribution in [1.29, 1.82) is 0 Å². The number of nitrogens with one attached hydrogen (secondary N) is 1. The fourth-order valence-corrected chi connectivity index (χ4v) is 3.69. The summed E-state index contributed by atoms with van der Waals surface area (Å²) < 4.78 is 11.4. The van der Waals surface area contributed by atoms with Gasteiger partial charge >= 0.3 is 0 Å². The van der Waals surface area contributed by atoms with E-state index in [1.54, 1.807) is 0 Å². The zero-order chi connectivity index (χ0) is 17.6. The second-order valence-electron chi connectivity index (χ2n) is 7.49. The van der Waals surface area contributed by atoms with Crippen LogP contribution in [0.3, 0.4) is 0 Å². The van der Waals surface area contributed by atoms with Crippen LogP contribution in [-0.2, 0) is 16.1 Å². The van der Waals surface area contributed by atoms with Crippen molar-refractivity contribution in [3.05, 3.63) is 29.3 Å². The summed E-state index contributed by atoms with van der Waals surface area (Å²) in [5, 5.41) is 3.04. The van der Waals surface area contributed by atoms with Crippen LogP contribution in [0.2, 0.25) is 0 Å². The molecule has 1 aliphatic carbocycles. The number of amides is 1. The van der Waals surface area contributed by atoms with Crippen molar-refractivity contribution in [3.63, 3.8) is 0 Å². The first-order valence-electron chi connectivity index (χ1n) is 9.44. The summed E-state index contributed by atoms with van der Waals surface area (Å²) in [7, 11) is 0. The number of aryl methyl sites for hydroxylation is 1. The van der Waals surface area contributed by atoms with Gasteiger partial charge in [0, 0.05) is 37.1 Å². The number of nitrogens with two attached hydrogens (primary N) is 1. The molecule has 1 aromatic rings. The van der Waals surface area contributed by atoms with Gasteiger partial charge in [0.2, 0.25) is 5.91 Å². The Morgan fingerprint density at radius 3 is 2.88 bits per heavy atom. The van der Waals surface area contributed by atoms with Crippen molar-refractivity contribution >= 4 is 18.3 Å². The monoisotopic (exact) mass is 382 g/mol. The highest BCUT2D eigenvalue weighted by atomic mass is 35.5. The van der Waals surface area contributed by atoms with Crippen LogP contribution in [0.1, 0.15) is 43.2 Å². The average molecular weight is 383 g/mol. The second kappa shape index (κ2) is 10.1. The van der Waals surface area contributed by atoms with E-state index in [0.29, 0.717) is 31.4 Å². The molecule has 1 aliphatic heterocycles. The molecule has 5 nitrogen and oxygen atoms in total. The Kier molecular flexibility index (Phi) is 8.19. The van der Waals surface area contributed by atoms with Crippen LogP contribution in [0.15, 0.2) is 18.2 Å². The molecule has 3 atom stereocenters. The minimum atomic E-state index is 0. The van der Waals surface area contributed by atoms with E-state index in [4.69, 9.17) is 15.2 Å². The minimum absolute atomic E-state index is 0. The fourth-order valence-electron chi connectivity index (χ4n) is 3.69. The smallest absolute Gasteiger partial charge is 0.220 e. The van der Waals surface area contributed by atoms with Crippen LogP contribution in [-0.4, -0.2) is 31.8 Å². The van der Waals surface area contributed by atoms with E-state index in [0.717, 1.165) is 55.8 Å². The normalized spacial score (nSPS) is 24.9. The second-order valence-corrected chi connectivity index (χ2v) is 7.49. The summed E-state index contributed by atoms with van der Waals surface area (Å²) in [4.78, 5) is 12.2. The highest BCUT2D eigenvalue weighted by Gasteiger charge is 2.26. The van der Waals surface area contributed by atoms with E-state index in [1.165, 1.54) is 0 Å². The number of hydrogen-bond donors (Lipinski definition) is 2. The zero-order valence-corrected chi connectivity index (χ0v) is 16.4. The molecule has 0 bridgehead atoms. The Morgan fingerprint density at radius 1 is 1.35 bits per heavy atom. The molecule has 0 spiro atoms. The molecular weight excluding hydrogens is 352 g/mol. The van der Waals surface area contributed by atoms with Crippen molar-refractivity contribution in [2.24, 2.45) is 17.6 Å². The van der Waals surface area contributed by atoms with E-state index in [2.05, 4.69) is 18.3 Å². The average Bonchev–Trinajstić information content (AvgIpc) is 3.24. The van der Waals surface area contributed by atoms with Crippen molar-refractivity contribution in [1.82, 2.24) is 5.32 Å². The molecule has 146 valence electrons. The standard InChI is InChI=1S/C20H30N2O3.ClH/c1-14-5-6-17(19(9-14)25-13-15-7-8-24-12-15)11-22-20(23)10-16-3-2-4-18(16)21;/h5-6,9,15-16,18H,2-4,7-8,10-13,21H2,1H3,(H,22,23);1H/t15?,16-,18+;/m0./s1. The van der Waals surface area contributed by atoms with Gasteiger partial charge in [0.15, 0.2) is 0 Å². The topological polar surface area (TPSA) is 73.6 Å². The molecular formula is C20H31ClN2O3. The molecule has 2 aliphatic rings. The van der Waals surface area contributed by atoms with Crippen LogP contribution in [0.25, 0.3) is 0 Å². The lowest BCUT2D eigenvalue weighted by molar-refractivity contribution is -0.122. The SMILES string of the molecule is Cc1ccc(CNC(=O)C[C@@H]2CCC[C@H]2N)c(OCC2CCOC2)c1.Cl. The molecule has 0 aromatic heterocycles. The third kappa shape index (κ3) is 5.86. The fraction of sp³-hybridized carbons (Fsp3) is 0.650. The van der Waals surface area contributed by atoms with Crippen molar-refractivity contribution in [2.75, 3.05) is 19.8 Å². The van der Waals surface area contributed by atoms with Gasteiger partial charge in [-0.05, 0) is 43.7 Å². The van der Waals surface area contributed by atoms with Crippen LogP contribution >= 0.6 is 12.4 Å². The van der Waals surface area contributed by atoms with Crippen LogP contribution < -0.4 is 15.8 Å². The summed E-state index contributed by atoms with van der Waals surface area (Å²) in [6.07, 6.45) is 4.83. The Morgan fingerprint density at radius 2 is 2.19 bits per heavy atom. The van der Waals surface area contributed by atoms with E-state index < -0.39 is 0 Å². The number of carbonyl (C=O) groups is 1. The van der Waals surface area contributed by atoms with Crippen molar-refractivity contribution in [2.45, 2.75) is 51.6 Å². The van der Waals surface area contributed by atoms with E-state index in [1.807, 2.05) is 12.1 Å². The highest BCUT2D eigenvalue weighted by molar-refractivity contribution is 5.85. The first kappa shape index (κ1) is 21.0. The van der Waals surface area contributed by atoms with Gasteiger partial charge in [-0.1, -0.05) is 18.6 Å². The van der Waals surface area contributed by atoms with Crippen LogP contribution in [0.4, 0.5) is 0 Å². The first-order valence-corrected chi connectivity index (χ1v) is 9.44. The number of rotatable bonds is 7. The number of hydrogen-bond acceptors (Lipinski definition) is 4. The van der Waals surface area contributed by atoms with Crippen LogP contribution in [0.5, 0.6) is 5.75 Å². The van der Waals surface area contributed by atoms with Crippen LogP contribution in [0, 0.1) is 18.8 Å². The molecule has 3 N–H and O–H groups in total. The van der Waals surface area contributed by atoms with Crippen molar-refractivity contribution < 1.29 is 14.3 Å². The van der Waals surface area contributed by atoms with Gasteiger partial charge in [-0.25, -0.2) is 0 Å². The first-order chi connectivity index (χ1) is 12.1. The number of halogens is 1. The van der Waals surface area contributed by atoms with E-state index in [9.17, 15) is 4.79 Å². The Hall–Kier alpha value is -1.30. The third-order valence-corrected chi connectivity index (χ3v) is 5.36. The molecule has 1 saturated carbocycles. The number of benzene rings is 1. The number of carbonyl (C=O) groups excluding carboxylic acids is 1. The zero-order valence-electron chi connectivity index (χ0n) is 15.5. The van der Waals surface area contributed by atoms with E-state index in [-0.39, 0.29) is 24.4 Å². The maximum atomic E-state index is 12.2. The number of ether oxygens (including phenoxy) is 2. The molecule has 2 fully saturated rings. The molecule has 1 aromatic carbocycles. The summed E-state index contributed by atoms with van der Waals surface area (Å²) >= 11 is 0. The lowest BCUT2D eigenvalue weighted by Gasteiger charge is -2.17. The lowest BCUT2D eigenvalue weighted by atomic mass is 10.00. The highest BCUT2D eigenvalue weighted by Crippen LogP contribution is 2.27. The quantitative estimate of drug-likeness (QED) is 0.760. The summed E-state index contributed by atoms with van der Waals surface area (Å²) in [5.41, 5.74) is 8.24. The molecule has 1 saturated heterocycles. The van der Waals surface area contributed by atoms with Gasteiger partial charge in [-0.3, -0.25) is 4.79 Å². The largest absolute Gasteiger partial charge is 0.493 e. The lowest BCUT2D eigenvalue weighted by Crippen LogP contribution is -2.31. The Bertz CT molecular complexity index is 590. The van der Waals surface area contributed by atoms with Crippen molar-refractivity contribution in [3.8, 4) is 5.75 Å². The predicted molar refractivity (Wildman–Crippen MR) is 105 cm³/mol. The molecule has 0 radical (unpaired) electrons. The minimum Gasteiger partial charge on any atom is -0.493 e. The van der Waals surface area contributed by atoms with Gasteiger partial charge in [0.25, 0.3) is 0 Å². The van der Waals surface area contributed by atoms with Gasteiger partial charge in [-0.2, -0.15) is 0 Å².